The minimum absolute atomic E-state index is 0.407. The van der Waals surface area contributed by atoms with Gasteiger partial charge in [0.15, 0.2) is 0 Å². The number of allylic oxidation sites excluding steroid dienone is 1. The second-order valence-corrected chi connectivity index (χ2v) is 5.34. The summed E-state index contributed by atoms with van der Waals surface area (Å²) in [6, 6.07) is 0. The van der Waals surface area contributed by atoms with E-state index in [9.17, 15) is 0 Å². The predicted molar refractivity (Wildman–Crippen MR) is 51.6 cm³/mol. The molecule has 1 heteroatoms. The van der Waals surface area contributed by atoms with Crippen LogP contribution in [-0.4, -0.2) is 10.5 Å². The highest BCUT2D eigenvalue weighted by molar-refractivity contribution is 8.00. The Hall–Kier alpha value is 0.0900. The molecular formula is C9H18S. The lowest BCUT2D eigenvalue weighted by molar-refractivity contribution is 0.804. The van der Waals surface area contributed by atoms with Gasteiger partial charge in [-0.05, 0) is 13.8 Å². The van der Waals surface area contributed by atoms with Crippen LogP contribution in [0.15, 0.2) is 11.6 Å². The fourth-order valence-corrected chi connectivity index (χ4v) is 1.24. The molecule has 0 spiro atoms. The van der Waals surface area contributed by atoms with Crippen LogP contribution in [0.25, 0.3) is 0 Å². The van der Waals surface area contributed by atoms with Crippen molar-refractivity contribution in [1.29, 1.82) is 0 Å². The third-order valence-electron chi connectivity index (χ3n) is 1.23. The SMILES string of the molecule is C/C=C(/C)CSC(C)(C)C. The van der Waals surface area contributed by atoms with Crippen LogP contribution in [0.3, 0.4) is 0 Å². The Morgan fingerprint density at radius 3 is 2.20 bits per heavy atom. The first-order valence-electron chi connectivity index (χ1n) is 3.71. The molecule has 0 bridgehead atoms. The lowest BCUT2D eigenvalue weighted by atomic mass is 10.3. The smallest absolute Gasteiger partial charge is 0.0145 e. The van der Waals surface area contributed by atoms with Gasteiger partial charge in [0.2, 0.25) is 0 Å². The molecular weight excluding hydrogens is 140 g/mol. The van der Waals surface area contributed by atoms with Crippen molar-refractivity contribution in [3.63, 3.8) is 0 Å². The van der Waals surface area contributed by atoms with E-state index in [-0.39, 0.29) is 0 Å². The summed E-state index contributed by atoms with van der Waals surface area (Å²) in [6.07, 6.45) is 2.18. The molecule has 0 nitrogen and oxygen atoms in total. The van der Waals surface area contributed by atoms with Crippen LogP contribution in [-0.2, 0) is 0 Å². The molecule has 0 aliphatic heterocycles. The van der Waals surface area contributed by atoms with Crippen LogP contribution >= 0.6 is 11.8 Å². The van der Waals surface area contributed by atoms with Crippen LogP contribution in [0.5, 0.6) is 0 Å². The Bertz CT molecular complexity index is 117. The maximum atomic E-state index is 2.25. The molecule has 0 saturated carbocycles. The van der Waals surface area contributed by atoms with Crippen LogP contribution in [0, 0.1) is 0 Å². The van der Waals surface area contributed by atoms with E-state index in [1.165, 1.54) is 11.3 Å². The van der Waals surface area contributed by atoms with E-state index >= 15 is 0 Å². The molecule has 60 valence electrons. The van der Waals surface area contributed by atoms with Gasteiger partial charge in [0, 0.05) is 10.5 Å². The summed E-state index contributed by atoms with van der Waals surface area (Å²) in [5.74, 6) is 1.17. The third-order valence-corrected chi connectivity index (χ3v) is 2.69. The number of hydrogen-bond acceptors (Lipinski definition) is 1. The topological polar surface area (TPSA) is 0 Å². The highest BCUT2D eigenvalue weighted by Gasteiger charge is 2.09. The fourth-order valence-electron chi connectivity index (χ4n) is 0.414. The average molecular weight is 158 g/mol. The summed E-state index contributed by atoms with van der Waals surface area (Å²) in [4.78, 5) is 0. The molecule has 0 atom stereocenters. The second kappa shape index (κ2) is 4.07. The van der Waals surface area contributed by atoms with Gasteiger partial charge in [-0.15, -0.1) is 0 Å². The van der Waals surface area contributed by atoms with E-state index in [1.807, 2.05) is 11.8 Å². The van der Waals surface area contributed by atoms with E-state index in [2.05, 4.69) is 40.7 Å². The molecule has 0 heterocycles. The summed E-state index contributed by atoms with van der Waals surface area (Å²) in [6.45, 7) is 11.0. The monoisotopic (exact) mass is 158 g/mol. The normalized spacial score (nSPS) is 13.9. The van der Waals surface area contributed by atoms with Crippen molar-refractivity contribution in [1.82, 2.24) is 0 Å². The van der Waals surface area contributed by atoms with Gasteiger partial charge in [-0.1, -0.05) is 32.4 Å². The van der Waals surface area contributed by atoms with Gasteiger partial charge < -0.3 is 0 Å². The molecule has 0 radical (unpaired) electrons. The van der Waals surface area contributed by atoms with E-state index in [0.29, 0.717) is 4.75 Å². The highest BCUT2D eigenvalue weighted by atomic mass is 32.2. The quantitative estimate of drug-likeness (QED) is 0.554. The van der Waals surface area contributed by atoms with Crippen molar-refractivity contribution in [2.24, 2.45) is 0 Å². The first kappa shape index (κ1) is 10.1. The zero-order chi connectivity index (χ0) is 8.20. The van der Waals surface area contributed by atoms with Gasteiger partial charge in [0.1, 0.15) is 0 Å². The summed E-state index contributed by atoms with van der Waals surface area (Å²) in [5, 5.41) is 0. The molecule has 10 heavy (non-hydrogen) atoms. The Balaban J connectivity index is 3.56. The Morgan fingerprint density at radius 1 is 1.40 bits per heavy atom. The lowest BCUT2D eigenvalue weighted by Gasteiger charge is -2.17. The maximum Gasteiger partial charge on any atom is 0.0145 e. The van der Waals surface area contributed by atoms with Gasteiger partial charge in [0.05, 0.1) is 0 Å². The van der Waals surface area contributed by atoms with Crippen molar-refractivity contribution in [2.75, 3.05) is 5.75 Å². The zero-order valence-corrected chi connectivity index (χ0v) is 8.51. The molecule has 0 aliphatic carbocycles. The average Bonchev–Trinajstić information content (AvgIpc) is 1.81. The summed E-state index contributed by atoms with van der Waals surface area (Å²) in [5.41, 5.74) is 1.47. The number of hydrogen-bond donors (Lipinski definition) is 0. The third kappa shape index (κ3) is 6.21. The first-order valence-corrected chi connectivity index (χ1v) is 4.70. The Labute approximate surface area is 69.1 Å². The minimum Gasteiger partial charge on any atom is -0.152 e. The van der Waals surface area contributed by atoms with Crippen molar-refractivity contribution in [2.45, 2.75) is 39.4 Å². The van der Waals surface area contributed by atoms with Crippen molar-refractivity contribution < 1.29 is 0 Å². The molecule has 0 aromatic carbocycles. The highest BCUT2D eigenvalue weighted by Crippen LogP contribution is 2.24. The van der Waals surface area contributed by atoms with Crippen molar-refractivity contribution >= 4 is 11.8 Å². The fraction of sp³-hybridized carbons (Fsp3) is 0.778. The molecule has 0 aliphatic rings. The molecule has 0 aromatic heterocycles. The minimum atomic E-state index is 0.407. The van der Waals surface area contributed by atoms with Gasteiger partial charge in [-0.2, -0.15) is 11.8 Å². The number of thioether (sulfide) groups is 1. The van der Waals surface area contributed by atoms with Gasteiger partial charge >= 0.3 is 0 Å². The van der Waals surface area contributed by atoms with Crippen molar-refractivity contribution in [3.05, 3.63) is 11.6 Å². The van der Waals surface area contributed by atoms with Gasteiger partial charge in [0.25, 0.3) is 0 Å². The van der Waals surface area contributed by atoms with Gasteiger partial charge in [-0.3, -0.25) is 0 Å². The first-order chi connectivity index (χ1) is 4.45. The van der Waals surface area contributed by atoms with E-state index in [1.54, 1.807) is 0 Å². The van der Waals surface area contributed by atoms with E-state index < -0.39 is 0 Å². The predicted octanol–water partition coefficient (Wildman–Crippen LogP) is 3.48. The molecule has 0 fully saturated rings. The summed E-state index contributed by atoms with van der Waals surface area (Å²) < 4.78 is 0.407. The molecule has 0 rings (SSSR count). The standard InChI is InChI=1S/C9H18S/c1-6-8(2)7-10-9(3,4)5/h6H,7H2,1-5H3/b8-6-. The van der Waals surface area contributed by atoms with Crippen LogP contribution in [0.4, 0.5) is 0 Å². The van der Waals surface area contributed by atoms with Crippen molar-refractivity contribution in [3.8, 4) is 0 Å². The maximum absolute atomic E-state index is 2.25. The van der Waals surface area contributed by atoms with E-state index in [0.717, 1.165) is 0 Å². The number of rotatable bonds is 2. The zero-order valence-electron chi connectivity index (χ0n) is 7.69. The lowest BCUT2D eigenvalue weighted by Crippen LogP contribution is -2.08. The Morgan fingerprint density at radius 2 is 1.90 bits per heavy atom. The molecule has 0 N–H and O–H groups in total. The molecule has 0 aromatic rings. The van der Waals surface area contributed by atoms with Crippen LogP contribution in [0.1, 0.15) is 34.6 Å². The van der Waals surface area contributed by atoms with Crippen LogP contribution < -0.4 is 0 Å². The molecule has 0 saturated heterocycles. The second-order valence-electron chi connectivity index (χ2n) is 3.54. The Kier molecular flexibility index (Phi) is 4.11. The van der Waals surface area contributed by atoms with Gasteiger partial charge in [-0.25, -0.2) is 0 Å². The largest absolute Gasteiger partial charge is 0.152 e. The molecule has 0 amide bonds. The van der Waals surface area contributed by atoms with Crippen LogP contribution in [0.2, 0.25) is 0 Å². The summed E-state index contributed by atoms with van der Waals surface area (Å²) >= 11 is 2.00. The van der Waals surface area contributed by atoms with E-state index in [4.69, 9.17) is 0 Å². The summed E-state index contributed by atoms with van der Waals surface area (Å²) in [7, 11) is 0. The molecule has 0 unspecified atom stereocenters.